The zero-order valence-electron chi connectivity index (χ0n) is 21.3. The van der Waals surface area contributed by atoms with Crippen LogP contribution >= 0.6 is 0 Å². The van der Waals surface area contributed by atoms with E-state index < -0.39 is 5.97 Å². The average Bonchev–Trinajstić information content (AvgIpc) is 3.27. The Morgan fingerprint density at radius 2 is 1.83 bits per heavy atom. The fourth-order valence-corrected chi connectivity index (χ4v) is 4.94. The van der Waals surface area contributed by atoms with Crippen LogP contribution in [-0.2, 0) is 4.79 Å². The highest BCUT2D eigenvalue weighted by atomic mass is 16.4. The van der Waals surface area contributed by atoms with E-state index in [0.717, 1.165) is 46.9 Å². The molecule has 1 aliphatic carbocycles. The highest BCUT2D eigenvalue weighted by Crippen LogP contribution is 2.40. The number of amides is 1. The number of furan rings is 1. The van der Waals surface area contributed by atoms with Crippen molar-refractivity contribution in [3.63, 3.8) is 0 Å². The van der Waals surface area contributed by atoms with Crippen LogP contribution in [-0.4, -0.2) is 40.5 Å². The maximum Gasteiger partial charge on any atom is 0.305 e. The lowest BCUT2D eigenvalue weighted by Gasteiger charge is -2.31. The molecule has 7 nitrogen and oxygen atoms in total. The van der Waals surface area contributed by atoms with Gasteiger partial charge in [-0.3, -0.25) is 14.6 Å². The van der Waals surface area contributed by atoms with Crippen molar-refractivity contribution >= 4 is 17.6 Å². The van der Waals surface area contributed by atoms with Crippen molar-refractivity contribution in [1.29, 1.82) is 0 Å². The number of benzene rings is 1. The second-order valence-electron chi connectivity index (χ2n) is 9.81. The van der Waals surface area contributed by atoms with Gasteiger partial charge < -0.3 is 19.7 Å². The van der Waals surface area contributed by atoms with Crippen LogP contribution in [0.2, 0.25) is 0 Å². The van der Waals surface area contributed by atoms with Crippen LogP contribution in [0, 0.1) is 19.8 Å². The highest BCUT2D eigenvalue weighted by Gasteiger charge is 2.29. The molecule has 2 heterocycles. The average molecular weight is 490 g/mol. The summed E-state index contributed by atoms with van der Waals surface area (Å²) in [5, 5.41) is 12.6. The molecule has 1 amide bonds. The van der Waals surface area contributed by atoms with E-state index in [0.29, 0.717) is 11.5 Å². The number of carbonyl (C=O) groups excluding carboxylic acids is 1. The topological polar surface area (TPSA) is 95.7 Å². The number of nitrogens with zero attached hydrogens (tertiary/aromatic N) is 2. The first-order valence-corrected chi connectivity index (χ1v) is 12.7. The van der Waals surface area contributed by atoms with Gasteiger partial charge in [-0.25, -0.2) is 0 Å². The molecule has 4 rings (SSSR count). The Morgan fingerprint density at radius 1 is 1.11 bits per heavy atom. The van der Waals surface area contributed by atoms with Gasteiger partial charge in [-0.1, -0.05) is 25.3 Å². The van der Waals surface area contributed by atoms with Gasteiger partial charge in [0.1, 0.15) is 11.5 Å². The first-order chi connectivity index (χ1) is 17.3. The van der Waals surface area contributed by atoms with Crippen LogP contribution in [0.5, 0.6) is 0 Å². The maximum absolute atomic E-state index is 12.7. The van der Waals surface area contributed by atoms with Crippen molar-refractivity contribution in [2.24, 2.45) is 5.92 Å². The van der Waals surface area contributed by atoms with Crippen LogP contribution < -0.4 is 5.32 Å². The molecule has 1 aromatic carbocycles. The summed E-state index contributed by atoms with van der Waals surface area (Å²) < 4.78 is 6.17. The number of aryl methyl sites for hydroxylation is 2. The number of carboxylic acid groups (broad SMARTS) is 1. The molecule has 2 aromatic heterocycles. The van der Waals surface area contributed by atoms with Gasteiger partial charge in [-0.15, -0.1) is 0 Å². The number of pyridine rings is 1. The molecule has 1 fully saturated rings. The molecule has 2 N–H and O–H groups in total. The van der Waals surface area contributed by atoms with Crippen LogP contribution in [0.4, 0.5) is 5.69 Å². The number of aliphatic carboxylic acids is 1. The molecule has 3 aromatic rings. The number of hydrogen-bond acceptors (Lipinski definition) is 5. The summed E-state index contributed by atoms with van der Waals surface area (Å²) in [7, 11) is 1.62. The second-order valence-corrected chi connectivity index (χ2v) is 9.81. The van der Waals surface area contributed by atoms with Gasteiger partial charge >= 0.3 is 5.97 Å². The van der Waals surface area contributed by atoms with Crippen LogP contribution in [0.25, 0.3) is 11.5 Å². The number of carboxylic acids is 1. The van der Waals surface area contributed by atoms with Crippen molar-refractivity contribution < 1.29 is 19.1 Å². The highest BCUT2D eigenvalue weighted by molar-refractivity contribution is 5.94. The lowest BCUT2D eigenvalue weighted by atomic mass is 9.81. The molecule has 0 bridgehead atoms. The zero-order valence-corrected chi connectivity index (χ0v) is 21.3. The van der Waals surface area contributed by atoms with Crippen molar-refractivity contribution in [2.45, 2.75) is 58.4 Å². The largest absolute Gasteiger partial charge is 0.481 e. The molecule has 0 spiro atoms. The summed E-state index contributed by atoms with van der Waals surface area (Å²) in [5.41, 5.74) is 4.56. The molecule has 1 atom stereocenters. The lowest BCUT2D eigenvalue weighted by Crippen LogP contribution is -2.29. The molecule has 0 aliphatic heterocycles. The van der Waals surface area contributed by atoms with E-state index in [-0.39, 0.29) is 24.9 Å². The van der Waals surface area contributed by atoms with Crippen molar-refractivity contribution in [3.05, 3.63) is 71.1 Å². The first-order valence-electron chi connectivity index (χ1n) is 12.7. The molecule has 7 heteroatoms. The van der Waals surface area contributed by atoms with Gasteiger partial charge in [0.05, 0.1) is 12.5 Å². The molecular weight excluding hydrogens is 454 g/mol. The maximum atomic E-state index is 12.7. The third kappa shape index (κ3) is 6.14. The summed E-state index contributed by atoms with van der Waals surface area (Å²) in [6, 6.07) is 13.7. The SMILES string of the molecule is Cc1ccc(-c2cc(C(Nc3ccc(C(=O)N(C)CCC(=O)O)cc3)C3CCCCC3)c(C)o2)nc1. The number of rotatable bonds is 9. The Hall–Kier alpha value is -3.61. The van der Waals surface area contributed by atoms with Gasteiger partial charge in [0, 0.05) is 36.6 Å². The normalized spacial score (nSPS) is 14.9. The van der Waals surface area contributed by atoms with Gasteiger partial charge in [-0.05, 0) is 74.6 Å². The minimum absolute atomic E-state index is 0.0743. The summed E-state index contributed by atoms with van der Waals surface area (Å²) >= 11 is 0. The van der Waals surface area contributed by atoms with E-state index in [1.807, 2.05) is 44.3 Å². The Bertz CT molecular complexity index is 1180. The Kier molecular flexibility index (Phi) is 8.08. The second kappa shape index (κ2) is 11.4. The van der Waals surface area contributed by atoms with Crippen molar-refractivity contribution in [3.8, 4) is 11.5 Å². The molecular formula is C29H35N3O4. The summed E-state index contributed by atoms with van der Waals surface area (Å²) in [6.45, 7) is 4.21. The predicted molar refractivity (Wildman–Crippen MR) is 140 cm³/mol. The summed E-state index contributed by atoms with van der Waals surface area (Å²) in [5.74, 6) is 1.04. The van der Waals surface area contributed by atoms with Gasteiger partial charge in [-0.2, -0.15) is 0 Å². The number of anilines is 1. The molecule has 190 valence electrons. The lowest BCUT2D eigenvalue weighted by molar-refractivity contribution is -0.137. The van der Waals surface area contributed by atoms with E-state index in [4.69, 9.17) is 9.52 Å². The van der Waals surface area contributed by atoms with Crippen LogP contribution in [0.1, 0.15) is 71.8 Å². The van der Waals surface area contributed by atoms with Crippen molar-refractivity contribution in [1.82, 2.24) is 9.88 Å². The van der Waals surface area contributed by atoms with E-state index in [2.05, 4.69) is 16.4 Å². The smallest absolute Gasteiger partial charge is 0.305 e. The monoisotopic (exact) mass is 489 g/mol. The number of hydrogen-bond donors (Lipinski definition) is 2. The van der Waals surface area contributed by atoms with Crippen LogP contribution in [0.15, 0.2) is 53.1 Å². The van der Waals surface area contributed by atoms with Crippen molar-refractivity contribution in [2.75, 3.05) is 18.9 Å². The number of carbonyl (C=O) groups is 2. The van der Waals surface area contributed by atoms with Gasteiger partial charge in [0.25, 0.3) is 5.91 Å². The molecule has 1 aliphatic rings. The number of nitrogens with one attached hydrogen (secondary N) is 1. The predicted octanol–water partition coefficient (Wildman–Crippen LogP) is 6.24. The van der Waals surface area contributed by atoms with E-state index >= 15 is 0 Å². The molecule has 0 radical (unpaired) electrons. The van der Waals surface area contributed by atoms with Crippen LogP contribution in [0.3, 0.4) is 0 Å². The Morgan fingerprint density at radius 3 is 2.47 bits per heavy atom. The van der Waals surface area contributed by atoms with Gasteiger partial charge in [0.2, 0.25) is 0 Å². The molecule has 1 unspecified atom stereocenters. The fourth-order valence-electron chi connectivity index (χ4n) is 4.94. The van der Waals surface area contributed by atoms with E-state index in [1.165, 1.54) is 24.2 Å². The van der Waals surface area contributed by atoms with Gasteiger partial charge in [0.15, 0.2) is 5.76 Å². The molecule has 0 saturated heterocycles. The van der Waals surface area contributed by atoms with E-state index in [9.17, 15) is 9.59 Å². The quantitative estimate of drug-likeness (QED) is 0.369. The molecule has 36 heavy (non-hydrogen) atoms. The first kappa shape index (κ1) is 25.5. The minimum Gasteiger partial charge on any atom is -0.481 e. The number of aromatic nitrogens is 1. The summed E-state index contributed by atoms with van der Waals surface area (Å²) in [6.07, 6.45) is 7.82. The molecule has 1 saturated carbocycles. The zero-order chi connectivity index (χ0) is 25.7. The third-order valence-corrected chi connectivity index (χ3v) is 7.04. The Balaban J connectivity index is 1.55. The minimum atomic E-state index is -0.918. The summed E-state index contributed by atoms with van der Waals surface area (Å²) in [4.78, 5) is 29.5. The fraction of sp³-hybridized carbons (Fsp3) is 0.414. The Labute approximate surface area is 212 Å². The standard InChI is InChI=1S/C29H35N3O4/c1-19-9-14-25(30-18-19)26-17-24(20(2)36-26)28(21-7-5-4-6-8-21)31-23-12-10-22(11-13-23)29(35)32(3)16-15-27(33)34/h9-14,17-18,21,28,31H,4-8,15-16H2,1-3H3,(H,33,34). The third-order valence-electron chi connectivity index (χ3n) is 7.04. The van der Waals surface area contributed by atoms with E-state index in [1.54, 1.807) is 19.2 Å².